The summed E-state index contributed by atoms with van der Waals surface area (Å²) in [6.07, 6.45) is 1.87. The van der Waals surface area contributed by atoms with Gasteiger partial charge in [-0.2, -0.15) is 5.10 Å². The van der Waals surface area contributed by atoms with E-state index in [0.717, 1.165) is 48.7 Å². The Kier molecular flexibility index (Phi) is 6.17. The molecule has 6 heteroatoms. The van der Waals surface area contributed by atoms with Crippen LogP contribution in [0.25, 0.3) is 16.9 Å². The Morgan fingerprint density at radius 1 is 1.04 bits per heavy atom. The minimum atomic E-state index is 0. The van der Waals surface area contributed by atoms with Crippen molar-refractivity contribution in [2.75, 3.05) is 26.2 Å². The predicted octanol–water partition coefficient (Wildman–Crippen LogP) is 3.62. The van der Waals surface area contributed by atoms with E-state index in [1.54, 1.807) is 0 Å². The maximum Gasteiger partial charge on any atom is 0.257 e. The zero-order chi connectivity index (χ0) is 18.8. The van der Waals surface area contributed by atoms with Gasteiger partial charge < -0.3 is 10.2 Å². The summed E-state index contributed by atoms with van der Waals surface area (Å²) >= 11 is 0. The van der Waals surface area contributed by atoms with E-state index in [1.165, 1.54) is 5.56 Å². The lowest BCUT2D eigenvalue weighted by Gasteiger charge is -2.27. The summed E-state index contributed by atoms with van der Waals surface area (Å²) in [6.45, 7) is 7.26. The van der Waals surface area contributed by atoms with Gasteiger partial charge in [-0.25, -0.2) is 4.68 Å². The molecule has 0 radical (unpaired) electrons. The van der Waals surface area contributed by atoms with Crippen LogP contribution in [-0.4, -0.2) is 46.8 Å². The number of rotatable bonds is 3. The average molecular weight is 397 g/mol. The molecule has 0 aliphatic carbocycles. The lowest BCUT2D eigenvalue weighted by atomic mass is 10.00. The Bertz CT molecular complexity index is 962. The van der Waals surface area contributed by atoms with E-state index in [9.17, 15) is 4.79 Å². The van der Waals surface area contributed by atoms with Gasteiger partial charge in [0.1, 0.15) is 5.69 Å². The van der Waals surface area contributed by atoms with Crippen LogP contribution in [0.5, 0.6) is 0 Å². The van der Waals surface area contributed by atoms with Crippen molar-refractivity contribution >= 4 is 18.3 Å². The smallest absolute Gasteiger partial charge is 0.257 e. The largest absolute Gasteiger partial charge is 0.336 e. The molecule has 2 aromatic carbocycles. The van der Waals surface area contributed by atoms with Crippen molar-refractivity contribution in [1.29, 1.82) is 0 Å². The van der Waals surface area contributed by atoms with E-state index >= 15 is 0 Å². The molecule has 1 saturated heterocycles. The van der Waals surface area contributed by atoms with Crippen LogP contribution in [0.1, 0.15) is 21.5 Å². The highest BCUT2D eigenvalue weighted by molar-refractivity contribution is 6.00. The third-order valence-corrected chi connectivity index (χ3v) is 5.01. The molecule has 0 spiro atoms. The first-order valence-corrected chi connectivity index (χ1v) is 9.36. The van der Waals surface area contributed by atoms with E-state index < -0.39 is 0 Å². The van der Waals surface area contributed by atoms with Crippen LogP contribution in [0.4, 0.5) is 0 Å². The molecule has 2 heterocycles. The number of benzene rings is 2. The Morgan fingerprint density at radius 2 is 1.75 bits per heavy atom. The lowest BCUT2D eigenvalue weighted by molar-refractivity contribution is 0.0736. The monoisotopic (exact) mass is 396 g/mol. The molecule has 1 N–H and O–H groups in total. The number of para-hydroxylation sites is 1. The molecule has 0 bridgehead atoms. The Hall–Kier alpha value is -2.63. The molecular weight excluding hydrogens is 372 g/mol. The van der Waals surface area contributed by atoms with Crippen LogP contribution in [0.2, 0.25) is 0 Å². The van der Waals surface area contributed by atoms with Gasteiger partial charge in [0.25, 0.3) is 5.91 Å². The number of hydrogen-bond acceptors (Lipinski definition) is 3. The number of carbonyl (C=O) groups is 1. The number of halogens is 1. The van der Waals surface area contributed by atoms with Crippen molar-refractivity contribution in [3.8, 4) is 16.9 Å². The fourth-order valence-corrected chi connectivity index (χ4v) is 3.56. The second-order valence-electron chi connectivity index (χ2n) is 7.03. The van der Waals surface area contributed by atoms with Crippen molar-refractivity contribution in [2.24, 2.45) is 0 Å². The Morgan fingerprint density at radius 3 is 2.43 bits per heavy atom. The van der Waals surface area contributed by atoms with Crippen molar-refractivity contribution in [3.05, 3.63) is 71.4 Å². The number of nitrogens with zero attached hydrogens (tertiary/aromatic N) is 3. The first-order valence-electron chi connectivity index (χ1n) is 9.36. The normalized spacial score (nSPS) is 13.9. The van der Waals surface area contributed by atoms with E-state index in [2.05, 4.69) is 37.4 Å². The van der Waals surface area contributed by atoms with Gasteiger partial charge in [0.2, 0.25) is 0 Å². The number of hydrogen-bond donors (Lipinski definition) is 1. The molecule has 4 rings (SSSR count). The van der Waals surface area contributed by atoms with Gasteiger partial charge >= 0.3 is 0 Å². The zero-order valence-corrected chi connectivity index (χ0v) is 17.0. The maximum atomic E-state index is 13.3. The van der Waals surface area contributed by atoms with Crippen molar-refractivity contribution < 1.29 is 4.79 Å². The number of amides is 1. The van der Waals surface area contributed by atoms with Gasteiger partial charge in [-0.3, -0.25) is 4.79 Å². The molecule has 1 aliphatic heterocycles. The van der Waals surface area contributed by atoms with Gasteiger partial charge in [-0.05, 0) is 31.5 Å². The van der Waals surface area contributed by atoms with Gasteiger partial charge in [-0.15, -0.1) is 12.4 Å². The highest BCUT2D eigenvalue weighted by atomic mass is 35.5. The molecule has 5 nitrogen and oxygen atoms in total. The summed E-state index contributed by atoms with van der Waals surface area (Å²) in [5.41, 5.74) is 5.70. The molecule has 1 aromatic heterocycles. The van der Waals surface area contributed by atoms with Gasteiger partial charge in [0.05, 0.1) is 11.3 Å². The van der Waals surface area contributed by atoms with Crippen molar-refractivity contribution in [3.63, 3.8) is 0 Å². The quantitative estimate of drug-likeness (QED) is 0.735. The van der Waals surface area contributed by atoms with E-state index in [1.807, 2.05) is 46.1 Å². The van der Waals surface area contributed by atoms with Gasteiger partial charge in [-0.1, -0.05) is 42.0 Å². The maximum absolute atomic E-state index is 13.3. The zero-order valence-electron chi connectivity index (χ0n) is 16.2. The number of aromatic nitrogens is 2. The number of carbonyl (C=O) groups excluding carboxylic acids is 1. The van der Waals surface area contributed by atoms with Crippen LogP contribution in [0.15, 0.2) is 54.7 Å². The molecule has 146 valence electrons. The molecular formula is C22H25ClN4O. The fourth-order valence-electron chi connectivity index (χ4n) is 3.56. The third kappa shape index (κ3) is 3.96. The summed E-state index contributed by atoms with van der Waals surface area (Å²) in [6, 6.07) is 16.2. The van der Waals surface area contributed by atoms with Crippen LogP contribution in [-0.2, 0) is 0 Å². The average Bonchev–Trinajstić information content (AvgIpc) is 3.14. The summed E-state index contributed by atoms with van der Waals surface area (Å²) in [7, 11) is 0. The Balaban J connectivity index is 0.00000225. The van der Waals surface area contributed by atoms with E-state index in [4.69, 9.17) is 5.10 Å². The summed E-state index contributed by atoms with van der Waals surface area (Å²) < 4.78 is 1.81. The highest BCUT2D eigenvalue weighted by Crippen LogP contribution is 2.28. The van der Waals surface area contributed by atoms with Crippen LogP contribution in [0, 0.1) is 13.8 Å². The number of aryl methyl sites for hydroxylation is 2. The lowest BCUT2D eigenvalue weighted by Crippen LogP contribution is -2.46. The second kappa shape index (κ2) is 8.59. The topological polar surface area (TPSA) is 50.2 Å². The first-order chi connectivity index (χ1) is 13.1. The molecule has 0 atom stereocenters. The summed E-state index contributed by atoms with van der Waals surface area (Å²) in [5, 5.41) is 8.11. The third-order valence-electron chi connectivity index (χ3n) is 5.01. The van der Waals surface area contributed by atoms with E-state index in [-0.39, 0.29) is 18.3 Å². The van der Waals surface area contributed by atoms with Crippen LogP contribution >= 0.6 is 12.4 Å². The van der Waals surface area contributed by atoms with Gasteiger partial charge in [0, 0.05) is 37.9 Å². The molecule has 1 aliphatic rings. The predicted molar refractivity (Wildman–Crippen MR) is 114 cm³/mol. The molecule has 1 amide bonds. The fraction of sp³-hybridized carbons (Fsp3) is 0.273. The molecule has 0 saturated carbocycles. The molecule has 28 heavy (non-hydrogen) atoms. The SMILES string of the molecule is Cc1ccc(-c2nn(-c3ccccc3)cc2C(=O)N2CCNCC2)c(C)c1.Cl. The minimum Gasteiger partial charge on any atom is -0.336 e. The van der Waals surface area contributed by atoms with Gasteiger partial charge in [0.15, 0.2) is 0 Å². The number of piperazine rings is 1. The van der Waals surface area contributed by atoms with Crippen LogP contribution < -0.4 is 5.32 Å². The van der Waals surface area contributed by atoms with Crippen LogP contribution in [0.3, 0.4) is 0 Å². The molecule has 1 fully saturated rings. The minimum absolute atomic E-state index is 0. The van der Waals surface area contributed by atoms with E-state index in [0.29, 0.717) is 5.56 Å². The van der Waals surface area contributed by atoms with Crippen molar-refractivity contribution in [2.45, 2.75) is 13.8 Å². The summed E-state index contributed by atoms with van der Waals surface area (Å²) in [4.78, 5) is 15.2. The second-order valence-corrected chi connectivity index (χ2v) is 7.03. The molecule has 3 aromatic rings. The first kappa shape index (κ1) is 20.1. The molecule has 0 unspecified atom stereocenters. The standard InChI is InChI=1S/C22H24N4O.ClH/c1-16-8-9-19(17(2)14-16)21-20(22(27)25-12-10-23-11-13-25)15-26(24-21)18-6-4-3-5-7-18;/h3-9,14-15,23H,10-13H2,1-2H3;1H. The highest BCUT2D eigenvalue weighted by Gasteiger charge is 2.25. The number of nitrogens with one attached hydrogen (secondary N) is 1. The summed E-state index contributed by atoms with van der Waals surface area (Å²) in [5.74, 6) is 0.0497. The van der Waals surface area contributed by atoms with Crippen molar-refractivity contribution in [1.82, 2.24) is 20.0 Å². The Labute approximate surface area is 171 Å².